The minimum absolute atomic E-state index is 0.1000. The average Bonchev–Trinajstić information content (AvgIpc) is 2.85. The zero-order valence-corrected chi connectivity index (χ0v) is 11.4. The third-order valence-corrected chi connectivity index (χ3v) is 3.44. The second-order valence-corrected chi connectivity index (χ2v) is 5.18. The molecule has 1 aromatic rings. The minimum Gasteiger partial charge on any atom is -0.491 e. The van der Waals surface area contributed by atoms with E-state index in [-0.39, 0.29) is 18.4 Å². The second-order valence-electron chi connectivity index (χ2n) is 5.18. The van der Waals surface area contributed by atoms with Crippen LogP contribution in [-0.4, -0.2) is 48.3 Å². The van der Waals surface area contributed by atoms with Crippen molar-refractivity contribution in [3.8, 4) is 5.75 Å². The monoisotopic (exact) mass is 279 g/mol. The minimum atomic E-state index is -0.608. The number of primary amides is 1. The van der Waals surface area contributed by atoms with Crippen LogP contribution in [0.5, 0.6) is 5.75 Å². The molecular weight excluding hydrogens is 258 g/mol. The fraction of sp³-hybridized carbons (Fsp3) is 0.500. The standard InChI is InChI=1S/C14H21N3O3/c15-11-2-1-3-13(6-11)20-9-12(18)8-17-5-4-10(7-17)14(16)19/h1-3,6,10,12,18H,4-5,7-9,15H2,(H2,16,19). The molecule has 6 nitrogen and oxygen atoms in total. The number of β-amino-alcohol motifs (C(OH)–C–C–N with tert-alkyl or cyclic N) is 1. The summed E-state index contributed by atoms with van der Waals surface area (Å²) in [6.07, 6.45) is 0.154. The number of aliphatic hydroxyl groups excluding tert-OH is 1. The zero-order chi connectivity index (χ0) is 14.5. The van der Waals surface area contributed by atoms with Crippen molar-refractivity contribution >= 4 is 11.6 Å². The Bertz CT molecular complexity index is 467. The van der Waals surface area contributed by atoms with Gasteiger partial charge in [0.15, 0.2) is 0 Å². The molecule has 2 unspecified atom stereocenters. The molecule has 0 saturated carbocycles. The van der Waals surface area contributed by atoms with Crippen molar-refractivity contribution in [2.45, 2.75) is 12.5 Å². The lowest BCUT2D eigenvalue weighted by Crippen LogP contribution is -2.35. The van der Waals surface area contributed by atoms with Gasteiger partial charge < -0.3 is 21.3 Å². The average molecular weight is 279 g/mol. The van der Waals surface area contributed by atoms with Crippen molar-refractivity contribution in [2.75, 3.05) is 32.0 Å². The Balaban J connectivity index is 1.73. The molecule has 1 amide bonds. The molecule has 2 rings (SSSR count). The van der Waals surface area contributed by atoms with Crippen molar-refractivity contribution in [3.05, 3.63) is 24.3 Å². The van der Waals surface area contributed by atoms with Crippen LogP contribution in [-0.2, 0) is 4.79 Å². The van der Waals surface area contributed by atoms with E-state index in [0.717, 1.165) is 13.0 Å². The molecule has 2 atom stereocenters. The van der Waals surface area contributed by atoms with Gasteiger partial charge in [-0.3, -0.25) is 9.69 Å². The predicted octanol–water partition coefficient (Wildman–Crippen LogP) is -0.184. The maximum Gasteiger partial charge on any atom is 0.221 e. The maximum atomic E-state index is 11.1. The van der Waals surface area contributed by atoms with E-state index in [1.807, 2.05) is 4.90 Å². The van der Waals surface area contributed by atoms with Crippen molar-refractivity contribution in [1.82, 2.24) is 4.90 Å². The Morgan fingerprint density at radius 1 is 1.55 bits per heavy atom. The molecule has 0 spiro atoms. The molecule has 0 aromatic heterocycles. The first-order valence-corrected chi connectivity index (χ1v) is 6.72. The lowest BCUT2D eigenvalue weighted by molar-refractivity contribution is -0.121. The summed E-state index contributed by atoms with van der Waals surface area (Å²) in [5.41, 5.74) is 11.5. The number of rotatable bonds is 6. The van der Waals surface area contributed by atoms with Gasteiger partial charge in [-0.15, -0.1) is 0 Å². The molecule has 0 aliphatic carbocycles. The van der Waals surface area contributed by atoms with E-state index in [0.29, 0.717) is 24.5 Å². The molecule has 1 heterocycles. The van der Waals surface area contributed by atoms with Gasteiger partial charge in [0, 0.05) is 24.8 Å². The van der Waals surface area contributed by atoms with Gasteiger partial charge in [0.2, 0.25) is 5.91 Å². The van der Waals surface area contributed by atoms with Crippen LogP contribution in [0.15, 0.2) is 24.3 Å². The number of amides is 1. The van der Waals surface area contributed by atoms with Gasteiger partial charge in [0.1, 0.15) is 18.5 Å². The molecule has 20 heavy (non-hydrogen) atoms. The van der Waals surface area contributed by atoms with Gasteiger partial charge in [-0.1, -0.05) is 6.07 Å². The Hall–Kier alpha value is -1.79. The van der Waals surface area contributed by atoms with Crippen LogP contribution in [0, 0.1) is 5.92 Å². The number of ether oxygens (including phenoxy) is 1. The van der Waals surface area contributed by atoms with Crippen LogP contribution in [0.1, 0.15) is 6.42 Å². The van der Waals surface area contributed by atoms with E-state index in [1.54, 1.807) is 24.3 Å². The normalized spacial score (nSPS) is 20.8. The number of hydrogen-bond donors (Lipinski definition) is 3. The van der Waals surface area contributed by atoms with Gasteiger partial charge in [0.05, 0.1) is 5.92 Å². The Labute approximate surface area is 118 Å². The first-order valence-electron chi connectivity index (χ1n) is 6.72. The summed E-state index contributed by atoms with van der Waals surface area (Å²) in [6.45, 7) is 2.07. The molecule has 0 radical (unpaired) electrons. The quantitative estimate of drug-likeness (QED) is 0.627. The lowest BCUT2D eigenvalue weighted by Gasteiger charge is -2.20. The molecule has 0 bridgehead atoms. The predicted molar refractivity (Wildman–Crippen MR) is 76.1 cm³/mol. The van der Waals surface area contributed by atoms with Crippen molar-refractivity contribution in [2.24, 2.45) is 11.7 Å². The van der Waals surface area contributed by atoms with Crippen molar-refractivity contribution < 1.29 is 14.6 Å². The van der Waals surface area contributed by atoms with Crippen LogP contribution >= 0.6 is 0 Å². The maximum absolute atomic E-state index is 11.1. The number of hydrogen-bond acceptors (Lipinski definition) is 5. The number of likely N-dealkylation sites (tertiary alicyclic amines) is 1. The van der Waals surface area contributed by atoms with E-state index in [1.165, 1.54) is 0 Å². The van der Waals surface area contributed by atoms with E-state index < -0.39 is 6.10 Å². The Kier molecular flexibility index (Phi) is 4.81. The number of nitrogens with zero attached hydrogens (tertiary/aromatic N) is 1. The molecule has 1 saturated heterocycles. The van der Waals surface area contributed by atoms with Gasteiger partial charge in [-0.25, -0.2) is 0 Å². The van der Waals surface area contributed by atoms with Crippen LogP contribution in [0.3, 0.4) is 0 Å². The number of carbonyl (C=O) groups is 1. The zero-order valence-electron chi connectivity index (χ0n) is 11.4. The summed E-state index contributed by atoms with van der Waals surface area (Å²) >= 11 is 0. The summed E-state index contributed by atoms with van der Waals surface area (Å²) in [7, 11) is 0. The fourth-order valence-electron chi connectivity index (χ4n) is 2.38. The smallest absolute Gasteiger partial charge is 0.221 e. The molecular formula is C14H21N3O3. The second kappa shape index (κ2) is 6.58. The molecule has 5 N–H and O–H groups in total. The third-order valence-electron chi connectivity index (χ3n) is 3.44. The molecule has 1 aromatic carbocycles. The van der Waals surface area contributed by atoms with Crippen LogP contribution in [0.2, 0.25) is 0 Å². The Morgan fingerprint density at radius 3 is 3.00 bits per heavy atom. The highest BCUT2D eigenvalue weighted by atomic mass is 16.5. The number of carbonyl (C=O) groups excluding carboxylic acids is 1. The fourth-order valence-corrected chi connectivity index (χ4v) is 2.38. The van der Waals surface area contributed by atoms with Crippen LogP contribution < -0.4 is 16.2 Å². The molecule has 1 aliphatic heterocycles. The van der Waals surface area contributed by atoms with Gasteiger partial charge in [-0.2, -0.15) is 0 Å². The van der Waals surface area contributed by atoms with E-state index in [9.17, 15) is 9.90 Å². The summed E-state index contributed by atoms with van der Waals surface area (Å²) < 4.78 is 5.48. The number of nitrogens with two attached hydrogens (primary N) is 2. The highest BCUT2D eigenvalue weighted by Gasteiger charge is 2.27. The first kappa shape index (κ1) is 14.6. The van der Waals surface area contributed by atoms with E-state index >= 15 is 0 Å². The highest BCUT2D eigenvalue weighted by molar-refractivity contribution is 5.77. The lowest BCUT2D eigenvalue weighted by atomic mass is 10.1. The summed E-state index contributed by atoms with van der Waals surface area (Å²) in [5.74, 6) is 0.274. The van der Waals surface area contributed by atoms with E-state index in [4.69, 9.17) is 16.2 Å². The van der Waals surface area contributed by atoms with Crippen molar-refractivity contribution in [3.63, 3.8) is 0 Å². The SMILES string of the molecule is NC(=O)C1CCN(CC(O)COc2cccc(N)c2)C1. The third kappa shape index (κ3) is 4.11. The molecule has 110 valence electrons. The molecule has 6 heteroatoms. The van der Waals surface area contributed by atoms with E-state index in [2.05, 4.69) is 0 Å². The summed E-state index contributed by atoms with van der Waals surface area (Å²) in [4.78, 5) is 13.1. The highest BCUT2D eigenvalue weighted by Crippen LogP contribution is 2.17. The topological polar surface area (TPSA) is 102 Å². The van der Waals surface area contributed by atoms with Gasteiger partial charge >= 0.3 is 0 Å². The van der Waals surface area contributed by atoms with Gasteiger partial charge in [0.25, 0.3) is 0 Å². The van der Waals surface area contributed by atoms with Gasteiger partial charge in [-0.05, 0) is 25.1 Å². The largest absolute Gasteiger partial charge is 0.491 e. The summed E-state index contributed by atoms with van der Waals surface area (Å²) in [5, 5.41) is 9.95. The molecule has 1 aliphatic rings. The van der Waals surface area contributed by atoms with Crippen molar-refractivity contribution in [1.29, 1.82) is 0 Å². The summed E-state index contributed by atoms with van der Waals surface area (Å²) in [6, 6.07) is 7.08. The number of nitrogen functional groups attached to an aromatic ring is 1. The molecule has 1 fully saturated rings. The first-order chi connectivity index (χ1) is 9.54. The number of anilines is 1. The Morgan fingerprint density at radius 2 is 2.35 bits per heavy atom. The number of aliphatic hydroxyl groups is 1. The van der Waals surface area contributed by atoms with Crippen LogP contribution in [0.4, 0.5) is 5.69 Å². The number of benzene rings is 1. The van der Waals surface area contributed by atoms with Crippen LogP contribution in [0.25, 0.3) is 0 Å².